The maximum Gasteiger partial charge on any atom is 0.278 e. The quantitative estimate of drug-likeness (QED) is 0.729. The van der Waals surface area contributed by atoms with Crippen LogP contribution in [0.25, 0.3) is 0 Å². The molecule has 17 heavy (non-hydrogen) atoms. The molecule has 0 unspecified atom stereocenters. The normalized spacial score (nSPS) is 17.4. The Morgan fingerprint density at radius 1 is 1.12 bits per heavy atom. The monoisotopic (exact) mass is 238 g/mol. The number of aromatic nitrogens is 2. The highest BCUT2D eigenvalue weighted by Crippen LogP contribution is 2.36. The summed E-state index contributed by atoms with van der Waals surface area (Å²) < 4.78 is 6.86. The zero-order valence-corrected chi connectivity index (χ0v) is 10.0. The van der Waals surface area contributed by atoms with Crippen LogP contribution in [-0.4, -0.2) is 28.3 Å². The van der Waals surface area contributed by atoms with E-state index in [0.717, 1.165) is 15.4 Å². The average Bonchev–Trinajstić information content (AvgIpc) is 2.77. The van der Waals surface area contributed by atoms with Crippen molar-refractivity contribution in [3.63, 3.8) is 0 Å². The fourth-order valence-electron chi connectivity index (χ4n) is 2.30. The molecule has 0 N–H and O–H groups in total. The van der Waals surface area contributed by atoms with Crippen LogP contribution < -0.4 is 10.3 Å². The summed E-state index contributed by atoms with van der Waals surface area (Å²) in [6.45, 7) is 3.53. The van der Waals surface area contributed by atoms with Crippen molar-refractivity contribution in [3.8, 4) is 5.88 Å². The molecule has 6 heteroatoms. The molecular weight excluding hydrogens is 224 g/mol. The van der Waals surface area contributed by atoms with Crippen LogP contribution in [-0.2, 0) is 0 Å². The maximum atomic E-state index is 12.3. The van der Waals surface area contributed by atoms with Crippen molar-refractivity contribution < 1.29 is 14.3 Å². The molecule has 0 saturated carbocycles. The first-order chi connectivity index (χ1) is 8.03. The molecule has 0 radical (unpaired) electrons. The molecule has 0 atom stereocenters. The summed E-state index contributed by atoms with van der Waals surface area (Å²) >= 11 is 0. The van der Waals surface area contributed by atoms with Crippen LogP contribution in [0.4, 0.5) is 0 Å². The summed E-state index contributed by atoms with van der Waals surface area (Å²) in [5.74, 6) is -0.732. The lowest BCUT2D eigenvalue weighted by atomic mass is 9.81. The maximum absolute atomic E-state index is 12.3. The Bertz CT molecular complexity index is 548. The SMILES string of the molecule is CCC1(CC)C(=O)n2c(OC)cc(=O)n2C1=O. The summed E-state index contributed by atoms with van der Waals surface area (Å²) in [5.41, 5.74) is -1.64. The van der Waals surface area contributed by atoms with Gasteiger partial charge < -0.3 is 4.74 Å². The van der Waals surface area contributed by atoms with Gasteiger partial charge in [-0.2, -0.15) is 9.36 Å². The zero-order chi connectivity index (χ0) is 12.8. The third-order valence-electron chi connectivity index (χ3n) is 3.48. The van der Waals surface area contributed by atoms with Gasteiger partial charge in [-0.1, -0.05) is 13.8 Å². The summed E-state index contributed by atoms with van der Waals surface area (Å²) in [6, 6.07) is 1.14. The Morgan fingerprint density at radius 3 is 2.12 bits per heavy atom. The van der Waals surface area contributed by atoms with Gasteiger partial charge in [0.2, 0.25) is 5.88 Å². The van der Waals surface area contributed by atoms with E-state index in [1.807, 2.05) is 0 Å². The second-order valence-corrected chi connectivity index (χ2v) is 4.05. The molecule has 0 saturated heterocycles. The van der Waals surface area contributed by atoms with Crippen molar-refractivity contribution in [2.45, 2.75) is 26.7 Å². The van der Waals surface area contributed by atoms with Gasteiger partial charge in [0.25, 0.3) is 17.4 Å². The standard InChI is InChI=1S/C11H14N2O4/c1-4-11(5-2)9(15)12-7(14)6-8(17-3)13(12)10(11)16/h6H,4-5H2,1-3H3. The van der Waals surface area contributed by atoms with Gasteiger partial charge in [-0.05, 0) is 12.8 Å². The molecule has 0 spiro atoms. The number of hydrogen-bond donors (Lipinski definition) is 0. The van der Waals surface area contributed by atoms with Gasteiger partial charge in [0.05, 0.1) is 13.2 Å². The Kier molecular flexibility index (Phi) is 2.45. The summed E-state index contributed by atoms with van der Waals surface area (Å²) in [7, 11) is 1.36. The second-order valence-electron chi connectivity index (χ2n) is 4.05. The Hall–Kier alpha value is -1.85. The molecule has 0 amide bonds. The first kappa shape index (κ1) is 11.6. The van der Waals surface area contributed by atoms with Crippen LogP contribution in [0.15, 0.2) is 10.9 Å². The number of hydrogen-bond acceptors (Lipinski definition) is 4. The number of fused-ring (bicyclic) bond motifs is 1. The van der Waals surface area contributed by atoms with Crippen LogP contribution in [0.1, 0.15) is 36.3 Å². The van der Waals surface area contributed by atoms with Crippen LogP contribution in [0.5, 0.6) is 5.88 Å². The van der Waals surface area contributed by atoms with Crippen molar-refractivity contribution in [1.29, 1.82) is 0 Å². The first-order valence-electron chi connectivity index (χ1n) is 5.52. The number of carbonyl (C=O) groups is 2. The van der Waals surface area contributed by atoms with Crippen molar-refractivity contribution >= 4 is 11.8 Å². The highest BCUT2D eigenvalue weighted by Gasteiger charge is 2.53. The Labute approximate surface area is 97.8 Å². The molecule has 2 heterocycles. The fourth-order valence-corrected chi connectivity index (χ4v) is 2.30. The smallest absolute Gasteiger partial charge is 0.278 e. The van der Waals surface area contributed by atoms with E-state index in [1.165, 1.54) is 7.11 Å². The highest BCUT2D eigenvalue weighted by molar-refractivity contribution is 6.11. The van der Waals surface area contributed by atoms with E-state index in [1.54, 1.807) is 13.8 Å². The third-order valence-corrected chi connectivity index (χ3v) is 3.48. The molecule has 2 rings (SSSR count). The van der Waals surface area contributed by atoms with Gasteiger partial charge in [-0.3, -0.25) is 14.4 Å². The first-order valence-corrected chi connectivity index (χ1v) is 5.52. The van der Waals surface area contributed by atoms with E-state index in [4.69, 9.17) is 4.74 Å². The predicted molar refractivity (Wildman–Crippen MR) is 59.5 cm³/mol. The van der Waals surface area contributed by atoms with Gasteiger partial charge in [0.1, 0.15) is 5.41 Å². The molecule has 1 aliphatic rings. The number of nitrogens with zero attached hydrogens (tertiary/aromatic N) is 2. The van der Waals surface area contributed by atoms with Gasteiger partial charge in [-0.25, -0.2) is 0 Å². The minimum absolute atomic E-state index is 0.108. The largest absolute Gasteiger partial charge is 0.481 e. The molecule has 1 aliphatic heterocycles. The lowest BCUT2D eigenvalue weighted by Crippen LogP contribution is -2.36. The van der Waals surface area contributed by atoms with Gasteiger partial charge in [0.15, 0.2) is 0 Å². The predicted octanol–water partition coefficient (Wildman–Crippen LogP) is 0.759. The second kappa shape index (κ2) is 3.58. The minimum Gasteiger partial charge on any atom is -0.481 e. The molecule has 92 valence electrons. The van der Waals surface area contributed by atoms with E-state index >= 15 is 0 Å². The third kappa shape index (κ3) is 1.18. The van der Waals surface area contributed by atoms with Gasteiger partial charge in [0, 0.05) is 0 Å². The minimum atomic E-state index is -1.12. The molecule has 0 bridgehead atoms. The highest BCUT2D eigenvalue weighted by atomic mass is 16.5. The number of methoxy groups -OCH3 is 1. The summed E-state index contributed by atoms with van der Waals surface area (Å²) in [6.07, 6.45) is 0.747. The van der Waals surface area contributed by atoms with Crippen molar-refractivity contribution in [3.05, 3.63) is 16.4 Å². The zero-order valence-electron chi connectivity index (χ0n) is 10.0. The molecule has 0 aromatic carbocycles. The molecule has 6 nitrogen and oxygen atoms in total. The lowest BCUT2D eigenvalue weighted by Gasteiger charge is -2.19. The summed E-state index contributed by atoms with van der Waals surface area (Å²) in [4.78, 5) is 36.1. The van der Waals surface area contributed by atoms with Crippen molar-refractivity contribution in [2.24, 2.45) is 5.41 Å². The van der Waals surface area contributed by atoms with E-state index in [9.17, 15) is 14.4 Å². The molecule has 0 fully saturated rings. The van der Waals surface area contributed by atoms with Crippen molar-refractivity contribution in [1.82, 2.24) is 9.36 Å². The van der Waals surface area contributed by atoms with E-state index in [2.05, 4.69) is 0 Å². The van der Waals surface area contributed by atoms with Crippen molar-refractivity contribution in [2.75, 3.05) is 7.11 Å². The summed E-state index contributed by atoms with van der Waals surface area (Å²) in [5, 5.41) is 0. The lowest BCUT2D eigenvalue weighted by molar-refractivity contribution is 0.0628. The van der Waals surface area contributed by atoms with Gasteiger partial charge in [-0.15, -0.1) is 0 Å². The molecule has 1 aromatic rings. The number of carbonyl (C=O) groups excluding carboxylic acids is 2. The molecular formula is C11H14N2O4. The average molecular weight is 238 g/mol. The van der Waals surface area contributed by atoms with Crippen LogP contribution in [0.3, 0.4) is 0 Å². The number of rotatable bonds is 3. The van der Waals surface area contributed by atoms with Crippen LogP contribution in [0, 0.1) is 5.41 Å². The Balaban J connectivity index is 2.73. The van der Waals surface area contributed by atoms with Gasteiger partial charge >= 0.3 is 0 Å². The van der Waals surface area contributed by atoms with E-state index < -0.39 is 16.9 Å². The van der Waals surface area contributed by atoms with E-state index in [-0.39, 0.29) is 11.8 Å². The topological polar surface area (TPSA) is 70.3 Å². The van der Waals surface area contributed by atoms with Crippen LogP contribution >= 0.6 is 0 Å². The van der Waals surface area contributed by atoms with E-state index in [0.29, 0.717) is 12.8 Å². The molecule has 0 aliphatic carbocycles. The fraction of sp³-hybridized carbons (Fsp3) is 0.545. The molecule has 1 aromatic heterocycles. The van der Waals surface area contributed by atoms with Crippen LogP contribution in [0.2, 0.25) is 0 Å². The number of ether oxygens (including phenoxy) is 1. The Morgan fingerprint density at radius 2 is 1.65 bits per heavy atom.